The zero-order valence-electron chi connectivity index (χ0n) is 71.1. The van der Waals surface area contributed by atoms with E-state index in [2.05, 4.69) is 111 Å². The van der Waals surface area contributed by atoms with Gasteiger partial charge in [0.2, 0.25) is 0 Å². The molecule has 11 fully saturated rings. The Morgan fingerprint density at radius 2 is 0.819 bits per heavy atom. The molecule has 0 heterocycles. The zero-order chi connectivity index (χ0) is 76.5. The highest BCUT2D eigenvalue weighted by Gasteiger charge is 2.53. The fourth-order valence-corrected chi connectivity index (χ4v) is 24.1. The number of aliphatic hydroxyl groups is 1. The minimum Gasteiger partial charge on any atom is -0.459 e. The lowest BCUT2D eigenvalue weighted by Gasteiger charge is -2.37. The van der Waals surface area contributed by atoms with E-state index in [0.29, 0.717) is 42.4 Å². The molecule has 11 aliphatic carbocycles. The normalized spacial score (nSPS) is 35.0. The van der Waals surface area contributed by atoms with Gasteiger partial charge < -0.3 is 28.8 Å². The van der Waals surface area contributed by atoms with Crippen LogP contribution in [-0.4, -0.2) is 69.1 Å². The molecule has 0 aromatic rings. The van der Waals surface area contributed by atoms with Gasteiger partial charge in [-0.25, -0.2) is 0 Å². The highest BCUT2D eigenvalue weighted by Crippen LogP contribution is 2.55. The number of esters is 5. The first-order chi connectivity index (χ1) is 50.4. The lowest BCUT2D eigenvalue weighted by molar-refractivity contribution is -0.171. The summed E-state index contributed by atoms with van der Waals surface area (Å²) in [6.07, 6.45) is 54.8. The maximum absolute atomic E-state index is 12.8. The van der Waals surface area contributed by atoms with Crippen LogP contribution in [-0.2, 0) is 47.7 Å². The second kappa shape index (κ2) is 43.4. The maximum Gasteiger partial charge on any atom is 0.309 e. The Kier molecular flexibility index (Phi) is 37.0. The monoisotopic (exact) mass is 1470 g/mol. The van der Waals surface area contributed by atoms with Crippen LogP contribution in [0.15, 0.2) is 0 Å². The van der Waals surface area contributed by atoms with E-state index < -0.39 is 6.10 Å². The standard InChI is InChI=1S/C20H34O2.C20H36O2.C19H34O3.C18H32O2.C17H30O2/c1-4-14-9-16(5-2)17(10-14)12-19(21)22-20(6-3)13-15-7-8-18(20)11-15;1-5-16-13-17(6-2)18(14-16)15(4)19(21)22-20(7-3)11-9-8-10-12-20;1-4-14-11-15(5-2)16(12-14)17(20)13-18(21)22-19(6-3)9-7-8-10-19;1-4-14-12-15(5-2)16(13-14)8-9-17(19)20-18(3)10-6-7-11-18;1-4-13-11-14(5-2)15(12-13)16(18)19-17(6-3)9-7-8-10-17/h14-18H,4-13H2,1-3H3;15-18H,5-14H2,1-4H3;14-17,20H,4-13H2,1-3H3;14-16H,4-13H2,1-3H3;13-15H,4-12H2,1-3H3. The zero-order valence-corrected chi connectivity index (χ0v) is 71.1. The van der Waals surface area contributed by atoms with Gasteiger partial charge in [-0.15, -0.1) is 0 Å². The summed E-state index contributed by atoms with van der Waals surface area (Å²) in [6.45, 7) is 35.5. The number of ether oxygens (including phenoxy) is 5. The molecule has 11 rings (SSSR count). The first-order valence-corrected chi connectivity index (χ1v) is 46.2. The topological polar surface area (TPSA) is 152 Å². The third-order valence-electron chi connectivity index (χ3n) is 31.8. The van der Waals surface area contributed by atoms with E-state index in [1.165, 1.54) is 167 Å². The molecule has 0 amide bonds. The molecule has 0 radical (unpaired) electrons. The van der Waals surface area contributed by atoms with E-state index in [4.69, 9.17) is 23.7 Å². The molecule has 2 bridgehead atoms. The summed E-state index contributed by atoms with van der Waals surface area (Å²) in [5.74, 6) is 11.5. The van der Waals surface area contributed by atoms with Crippen LogP contribution in [0.5, 0.6) is 0 Å². The molecule has 20 atom stereocenters. The summed E-state index contributed by atoms with van der Waals surface area (Å²) in [4.78, 5) is 62.4. The number of aliphatic hydroxyl groups excluding tert-OH is 1. The Labute approximate surface area is 645 Å². The van der Waals surface area contributed by atoms with Crippen LogP contribution in [0.1, 0.15) is 425 Å². The molecule has 0 aromatic carbocycles. The SMILES string of the molecule is CCC1CC(CC)C(C(=O)OC2(CC)CCCC2)C1.CCC1CC(CC)C(C(C)C(=O)OC2(CC)CCCCC2)C1.CCC1CC(CC)C(C(O)CC(=O)OC2(CC)CCCC2)C1.CCC1CC(CC)C(CC(=O)OC2(CC)CC3CCC2C3)C1.CCC1CC(CC)C(CCC(=O)OC2(C)CCCC2)C1. The lowest BCUT2D eigenvalue weighted by atomic mass is 9.81. The van der Waals surface area contributed by atoms with Crippen LogP contribution in [0.25, 0.3) is 0 Å². The minimum atomic E-state index is -0.524. The quantitative estimate of drug-likeness (QED) is 0.0540. The van der Waals surface area contributed by atoms with Crippen molar-refractivity contribution < 1.29 is 52.8 Å². The van der Waals surface area contributed by atoms with Crippen molar-refractivity contribution in [3.05, 3.63) is 0 Å². The predicted octanol–water partition coefficient (Wildman–Crippen LogP) is 25.4. The third kappa shape index (κ3) is 24.9. The molecule has 20 unspecified atom stereocenters. The Bertz CT molecular complexity index is 2540. The molecule has 0 aliphatic heterocycles. The van der Waals surface area contributed by atoms with Crippen LogP contribution in [0.3, 0.4) is 0 Å². The minimum absolute atomic E-state index is 0.0456. The van der Waals surface area contributed by atoms with Gasteiger partial charge in [-0.3, -0.25) is 24.0 Å². The van der Waals surface area contributed by atoms with Gasteiger partial charge in [0.25, 0.3) is 0 Å². The second-order valence-electron chi connectivity index (χ2n) is 37.8. The predicted molar refractivity (Wildman–Crippen MR) is 430 cm³/mol. The van der Waals surface area contributed by atoms with Crippen molar-refractivity contribution in [3.63, 3.8) is 0 Å². The van der Waals surface area contributed by atoms with Gasteiger partial charge in [0.1, 0.15) is 28.0 Å². The molecule has 11 saturated carbocycles. The van der Waals surface area contributed by atoms with Gasteiger partial charge in [-0.05, 0) is 326 Å². The van der Waals surface area contributed by atoms with Crippen LogP contribution in [0, 0.1) is 107 Å². The lowest BCUT2D eigenvalue weighted by Crippen LogP contribution is -2.40. The fourth-order valence-electron chi connectivity index (χ4n) is 24.1. The van der Waals surface area contributed by atoms with Crippen molar-refractivity contribution in [2.45, 2.75) is 460 Å². The van der Waals surface area contributed by atoms with Gasteiger partial charge in [-0.2, -0.15) is 0 Å². The molecule has 1 N–H and O–H groups in total. The van der Waals surface area contributed by atoms with Gasteiger partial charge in [0.15, 0.2) is 0 Å². The summed E-state index contributed by atoms with van der Waals surface area (Å²) < 4.78 is 29.9. The second-order valence-corrected chi connectivity index (χ2v) is 37.8. The molecule has 11 heteroatoms. The van der Waals surface area contributed by atoms with E-state index in [9.17, 15) is 29.1 Å². The van der Waals surface area contributed by atoms with Gasteiger partial charge in [0, 0.05) is 12.8 Å². The smallest absolute Gasteiger partial charge is 0.309 e. The van der Waals surface area contributed by atoms with E-state index in [1.807, 2.05) is 0 Å². The fraction of sp³-hybridized carbons (Fsp3) is 0.947. The first-order valence-electron chi connectivity index (χ1n) is 46.2. The summed E-state index contributed by atoms with van der Waals surface area (Å²) in [7, 11) is 0. The van der Waals surface area contributed by atoms with Crippen molar-refractivity contribution in [1.29, 1.82) is 0 Å². The number of hydrogen-bond acceptors (Lipinski definition) is 11. The van der Waals surface area contributed by atoms with Crippen molar-refractivity contribution in [2.75, 3.05) is 0 Å². The summed E-state index contributed by atoms with van der Waals surface area (Å²) in [6, 6.07) is 0. The van der Waals surface area contributed by atoms with Crippen molar-refractivity contribution >= 4 is 29.8 Å². The number of carbonyl (C=O) groups excluding carboxylic acids is 5. The molecule has 11 nitrogen and oxygen atoms in total. The summed E-state index contributed by atoms with van der Waals surface area (Å²) in [5.41, 5.74) is -0.732. The van der Waals surface area contributed by atoms with Crippen LogP contribution < -0.4 is 0 Å². The molecule has 11 aliphatic rings. The Balaban J connectivity index is 0.000000184. The molecular weight excluding hydrogens is 1310 g/mol. The van der Waals surface area contributed by atoms with Crippen molar-refractivity contribution in [3.8, 4) is 0 Å². The largest absolute Gasteiger partial charge is 0.459 e. The highest BCUT2D eigenvalue weighted by molar-refractivity contribution is 5.74. The number of carbonyl (C=O) groups is 5. The van der Waals surface area contributed by atoms with Gasteiger partial charge in [0.05, 0.1) is 24.4 Å². The van der Waals surface area contributed by atoms with E-state index >= 15 is 0 Å². The molecule has 0 saturated heterocycles. The summed E-state index contributed by atoms with van der Waals surface area (Å²) >= 11 is 0. The Hall–Kier alpha value is -2.69. The average Bonchev–Trinajstić information content (AvgIpc) is 1.62. The van der Waals surface area contributed by atoms with Gasteiger partial charge in [-0.1, -0.05) is 174 Å². The van der Waals surface area contributed by atoms with Crippen LogP contribution >= 0.6 is 0 Å². The van der Waals surface area contributed by atoms with E-state index in [0.717, 1.165) is 188 Å². The average molecular weight is 1470 g/mol. The highest BCUT2D eigenvalue weighted by atomic mass is 16.6. The Morgan fingerprint density at radius 1 is 0.390 bits per heavy atom. The number of fused-ring (bicyclic) bond motifs is 2. The van der Waals surface area contributed by atoms with E-state index in [-0.39, 0.29) is 82.0 Å². The number of rotatable bonds is 30. The van der Waals surface area contributed by atoms with E-state index in [1.54, 1.807) is 0 Å². The summed E-state index contributed by atoms with van der Waals surface area (Å²) in [5, 5.41) is 10.6. The van der Waals surface area contributed by atoms with Crippen molar-refractivity contribution in [1.82, 2.24) is 0 Å². The van der Waals surface area contributed by atoms with Gasteiger partial charge >= 0.3 is 29.8 Å². The molecule has 105 heavy (non-hydrogen) atoms. The van der Waals surface area contributed by atoms with Crippen LogP contribution in [0.4, 0.5) is 0 Å². The van der Waals surface area contributed by atoms with Crippen molar-refractivity contribution in [2.24, 2.45) is 107 Å². The maximum atomic E-state index is 12.8. The molecule has 0 spiro atoms. The molecule has 0 aromatic heterocycles. The molecule has 608 valence electrons. The Morgan fingerprint density at radius 3 is 1.30 bits per heavy atom. The first kappa shape index (κ1) is 89.5. The number of hydrogen-bond donors (Lipinski definition) is 1. The third-order valence-corrected chi connectivity index (χ3v) is 31.8. The van der Waals surface area contributed by atoms with Crippen LogP contribution in [0.2, 0.25) is 0 Å². The molecular formula is C94H166O11.